The summed E-state index contributed by atoms with van der Waals surface area (Å²) in [7, 11) is 4.67. The highest BCUT2D eigenvalue weighted by Gasteiger charge is 2.53. The number of nitrogens with zero attached hydrogens (tertiary/aromatic N) is 1. The topological polar surface area (TPSA) is 186 Å². The second kappa shape index (κ2) is 19.5. The zero-order chi connectivity index (χ0) is 44.0. The van der Waals surface area contributed by atoms with Crippen molar-refractivity contribution in [1.82, 2.24) is 15.5 Å². The van der Waals surface area contributed by atoms with Gasteiger partial charge in [0, 0.05) is 37.1 Å². The third-order valence-corrected chi connectivity index (χ3v) is 13.2. The smallest absolute Gasteiger partial charge is 0.412 e. The van der Waals surface area contributed by atoms with Crippen molar-refractivity contribution >= 4 is 24.1 Å². The van der Waals surface area contributed by atoms with Gasteiger partial charge in [0.25, 0.3) is 0 Å². The van der Waals surface area contributed by atoms with Crippen LogP contribution >= 0.6 is 0 Å². The van der Waals surface area contributed by atoms with Gasteiger partial charge >= 0.3 is 24.1 Å². The fourth-order valence-electron chi connectivity index (χ4n) is 10.6. The van der Waals surface area contributed by atoms with Crippen molar-refractivity contribution in [2.75, 3.05) is 60.8 Å². The first kappa shape index (κ1) is 45.8. The molecule has 2 heterocycles. The summed E-state index contributed by atoms with van der Waals surface area (Å²) in [6.07, 6.45) is 6.69. The molecule has 4 fully saturated rings. The molecule has 0 radical (unpaired) electrons. The molecule has 7 atom stereocenters. The van der Waals surface area contributed by atoms with Crippen LogP contribution in [-0.4, -0.2) is 107 Å². The molecule has 4 aliphatic rings. The first-order chi connectivity index (χ1) is 29.0. The summed E-state index contributed by atoms with van der Waals surface area (Å²) in [4.78, 5) is 53.6. The number of fused-ring (bicyclic) bond motifs is 2. The Kier molecular flexibility index (Phi) is 14.6. The van der Waals surface area contributed by atoms with Gasteiger partial charge in [-0.05, 0) is 104 Å². The highest BCUT2D eigenvalue weighted by Crippen LogP contribution is 2.57. The number of methoxy groups -OCH3 is 3. The number of hydrogen-bond acceptors (Lipinski definition) is 13. The predicted molar refractivity (Wildman–Crippen MR) is 227 cm³/mol. The zero-order valence-corrected chi connectivity index (χ0v) is 37.0. The number of esters is 2. The summed E-state index contributed by atoms with van der Waals surface area (Å²) in [5.41, 5.74) is 7.89. The minimum atomic E-state index is -1.11. The van der Waals surface area contributed by atoms with E-state index in [4.69, 9.17) is 38.9 Å². The first-order valence-electron chi connectivity index (χ1n) is 21.7. The second-order valence-electron chi connectivity index (χ2n) is 18.8. The van der Waals surface area contributed by atoms with Crippen LogP contribution in [0.2, 0.25) is 0 Å². The molecule has 2 aromatic rings. The van der Waals surface area contributed by atoms with E-state index in [0.29, 0.717) is 68.7 Å². The lowest BCUT2D eigenvalue weighted by Gasteiger charge is -2.57. The number of carbonyl (C=O) groups excluding carboxylic acids is 4. The van der Waals surface area contributed by atoms with E-state index in [2.05, 4.69) is 43.2 Å². The van der Waals surface area contributed by atoms with E-state index in [1.165, 1.54) is 13.5 Å². The fraction of sp³-hybridized carbons (Fsp3) is 0.652. The van der Waals surface area contributed by atoms with E-state index < -0.39 is 24.2 Å². The molecule has 4 N–H and O–H groups in total. The van der Waals surface area contributed by atoms with Gasteiger partial charge in [-0.1, -0.05) is 46.2 Å². The van der Waals surface area contributed by atoms with E-state index in [1.54, 1.807) is 26.4 Å². The molecule has 6 rings (SSSR count). The standard InChI is InChI=1S/C46H66N4O11/c1-8-45(4)22-31-21-44(2,3)27-46(23-31,28-45)49-43(54)60-26-35(47)41(52)58-16-15-50-14-13-33(24-50)48-42(53)61-37-12-10-30(20-39(37)57-7)18-34-32(25-59-40(34)51)17-29-9-11-36(55-5)38(19-29)56-6/h9-12,19-20,31-35H,8,13-18,21-28,47H2,1-7H3,(H,48,53)(H,49,54)/t31?,32-,33-,34+,35-,45?,46?/m0/s1. The van der Waals surface area contributed by atoms with Crippen LogP contribution < -0.4 is 35.3 Å². The lowest BCUT2D eigenvalue weighted by molar-refractivity contribution is -0.146. The Hall–Kier alpha value is -4.76. The van der Waals surface area contributed by atoms with E-state index in [0.717, 1.165) is 43.2 Å². The molecule has 3 unspecified atom stereocenters. The summed E-state index contributed by atoms with van der Waals surface area (Å²) in [6.45, 7) is 10.9. The van der Waals surface area contributed by atoms with Crippen LogP contribution in [-0.2, 0) is 36.6 Å². The average Bonchev–Trinajstić information content (AvgIpc) is 3.80. The Morgan fingerprint density at radius 1 is 0.885 bits per heavy atom. The van der Waals surface area contributed by atoms with Crippen LogP contribution in [0.25, 0.3) is 0 Å². The number of likely N-dealkylation sites (tertiary alicyclic amines) is 1. The van der Waals surface area contributed by atoms with Gasteiger partial charge in [0.05, 0.1) is 33.9 Å². The summed E-state index contributed by atoms with van der Waals surface area (Å²) >= 11 is 0. The van der Waals surface area contributed by atoms with E-state index in [9.17, 15) is 19.2 Å². The van der Waals surface area contributed by atoms with Crippen LogP contribution in [0.3, 0.4) is 0 Å². The predicted octanol–water partition coefficient (Wildman–Crippen LogP) is 5.82. The van der Waals surface area contributed by atoms with Crippen molar-refractivity contribution < 1.29 is 52.3 Å². The Morgan fingerprint density at radius 2 is 1.57 bits per heavy atom. The Labute approximate surface area is 360 Å². The van der Waals surface area contributed by atoms with Gasteiger partial charge in [-0.3, -0.25) is 14.5 Å². The average molecular weight is 851 g/mol. The molecule has 2 aliphatic carbocycles. The van der Waals surface area contributed by atoms with E-state index in [1.807, 2.05) is 24.3 Å². The Bertz CT molecular complexity index is 1890. The molecule has 15 nitrogen and oxygen atoms in total. The van der Waals surface area contributed by atoms with Gasteiger partial charge in [0.15, 0.2) is 23.0 Å². The third kappa shape index (κ3) is 11.8. The van der Waals surface area contributed by atoms with Gasteiger partial charge in [-0.2, -0.15) is 0 Å². The number of nitrogens with one attached hydrogen (secondary N) is 2. The van der Waals surface area contributed by atoms with Crippen molar-refractivity contribution in [3.05, 3.63) is 47.5 Å². The minimum absolute atomic E-state index is 0.0373. The van der Waals surface area contributed by atoms with Crippen LogP contribution in [0, 0.1) is 28.6 Å². The summed E-state index contributed by atoms with van der Waals surface area (Å²) in [5, 5.41) is 6.12. The lowest BCUT2D eigenvalue weighted by Crippen LogP contribution is -2.60. The van der Waals surface area contributed by atoms with Crippen LogP contribution in [0.5, 0.6) is 23.0 Å². The zero-order valence-electron chi connectivity index (χ0n) is 37.0. The Balaban J connectivity index is 0.903. The van der Waals surface area contributed by atoms with Gasteiger partial charge in [-0.25, -0.2) is 9.59 Å². The molecule has 2 bridgehead atoms. The number of nitrogens with two attached hydrogens (primary N) is 1. The van der Waals surface area contributed by atoms with Crippen molar-refractivity contribution in [1.29, 1.82) is 0 Å². The number of cyclic esters (lactones) is 1. The number of ether oxygens (including phenoxy) is 7. The Morgan fingerprint density at radius 3 is 2.28 bits per heavy atom. The molecule has 2 aliphatic heterocycles. The van der Waals surface area contributed by atoms with Gasteiger partial charge in [0.2, 0.25) is 0 Å². The SMILES string of the molecule is CCC1(C)CC2CC(C)(C)CC(NC(=O)OC[C@H](N)C(=O)OCCN3CC[C@H](NC(=O)Oc4ccc(C[C@H]5C(=O)OC[C@@H]5Cc5ccc(OC)c(OC)c5)cc4OC)C3)(C2)C1. The molecule has 2 saturated heterocycles. The van der Waals surface area contributed by atoms with Crippen molar-refractivity contribution in [3.63, 3.8) is 0 Å². The molecule has 2 aromatic carbocycles. The minimum Gasteiger partial charge on any atom is -0.493 e. The first-order valence-corrected chi connectivity index (χ1v) is 21.7. The summed E-state index contributed by atoms with van der Waals surface area (Å²) in [5.74, 6) is 1.15. The summed E-state index contributed by atoms with van der Waals surface area (Å²) in [6, 6.07) is 9.70. The molecule has 2 saturated carbocycles. The maximum absolute atomic E-state index is 13.0. The highest BCUT2D eigenvalue weighted by molar-refractivity contribution is 5.77. The van der Waals surface area contributed by atoms with Crippen molar-refractivity contribution in [3.8, 4) is 23.0 Å². The number of hydrogen-bond donors (Lipinski definition) is 3. The molecular formula is C46H66N4O11. The number of alkyl carbamates (subject to hydrolysis) is 1. The largest absolute Gasteiger partial charge is 0.493 e. The maximum Gasteiger partial charge on any atom is 0.412 e. The summed E-state index contributed by atoms with van der Waals surface area (Å²) < 4.78 is 38.4. The van der Waals surface area contributed by atoms with Crippen LogP contribution in [0.4, 0.5) is 9.59 Å². The van der Waals surface area contributed by atoms with Crippen LogP contribution in [0.15, 0.2) is 36.4 Å². The molecule has 2 amide bonds. The lowest BCUT2D eigenvalue weighted by atomic mass is 9.52. The van der Waals surface area contributed by atoms with Crippen molar-refractivity contribution in [2.24, 2.45) is 34.3 Å². The van der Waals surface area contributed by atoms with E-state index in [-0.39, 0.29) is 59.2 Å². The van der Waals surface area contributed by atoms with Crippen LogP contribution in [0.1, 0.15) is 83.8 Å². The second-order valence-corrected chi connectivity index (χ2v) is 18.8. The number of benzene rings is 2. The monoisotopic (exact) mass is 850 g/mol. The molecule has 15 heteroatoms. The fourth-order valence-corrected chi connectivity index (χ4v) is 10.6. The molecule has 0 aromatic heterocycles. The number of carbonyl (C=O) groups is 4. The van der Waals surface area contributed by atoms with Gasteiger partial charge < -0.3 is 49.5 Å². The normalized spacial score (nSPS) is 27.3. The van der Waals surface area contributed by atoms with Crippen molar-refractivity contribution in [2.45, 2.75) is 103 Å². The maximum atomic E-state index is 13.0. The quantitative estimate of drug-likeness (QED) is 0.128. The highest BCUT2D eigenvalue weighted by atomic mass is 16.6. The van der Waals surface area contributed by atoms with Gasteiger partial charge in [-0.15, -0.1) is 0 Å². The molecule has 0 spiro atoms. The molecule has 61 heavy (non-hydrogen) atoms. The number of amides is 2. The van der Waals surface area contributed by atoms with Gasteiger partial charge in [0.1, 0.15) is 19.3 Å². The number of rotatable bonds is 17. The van der Waals surface area contributed by atoms with E-state index >= 15 is 0 Å². The molecular weight excluding hydrogens is 785 g/mol. The molecule has 336 valence electrons. The third-order valence-electron chi connectivity index (χ3n) is 13.2.